The molecule has 4 heteroatoms. The van der Waals surface area contributed by atoms with Gasteiger partial charge in [-0.25, -0.2) is 9.78 Å². The van der Waals surface area contributed by atoms with Gasteiger partial charge < -0.3 is 4.74 Å². The van der Waals surface area contributed by atoms with E-state index in [0.717, 1.165) is 17.3 Å². The molecule has 0 saturated carbocycles. The van der Waals surface area contributed by atoms with Gasteiger partial charge in [0.15, 0.2) is 5.79 Å². The van der Waals surface area contributed by atoms with Gasteiger partial charge in [-0.15, -0.1) is 0 Å². The normalized spacial score (nSPS) is 43.0. The topological polar surface area (TPSA) is 27.7 Å². The Labute approximate surface area is 86.8 Å². The number of rotatable bonds is 2. The summed E-state index contributed by atoms with van der Waals surface area (Å²) in [5.74, 6) is -0.550. The number of alkyl halides is 1. The predicted octanol–water partition coefficient (Wildman–Crippen LogP) is 2.28. The summed E-state index contributed by atoms with van der Waals surface area (Å²) in [4.78, 5) is 10.5. The number of hydrogen-bond donors (Lipinski definition) is 0. The maximum atomic E-state index is 5.29. The van der Waals surface area contributed by atoms with Crippen LogP contribution >= 0.6 is 22.6 Å². The smallest absolute Gasteiger partial charge is 0.198 e. The van der Waals surface area contributed by atoms with Gasteiger partial charge >= 0.3 is 0 Å². The third kappa shape index (κ3) is 2.31. The molecule has 3 nitrogen and oxygen atoms in total. The first-order chi connectivity index (χ1) is 5.54. The van der Waals surface area contributed by atoms with Crippen molar-refractivity contribution in [2.24, 2.45) is 0 Å². The maximum Gasteiger partial charge on any atom is 0.198 e. The van der Waals surface area contributed by atoms with Gasteiger partial charge in [0.05, 0.1) is 0 Å². The van der Waals surface area contributed by atoms with Crippen LogP contribution in [0.3, 0.4) is 0 Å². The monoisotopic (exact) mass is 286 g/mol. The lowest BCUT2D eigenvalue weighted by Gasteiger charge is -2.39. The number of halogens is 1. The highest BCUT2D eigenvalue weighted by Crippen LogP contribution is 2.34. The average molecular weight is 286 g/mol. The molecular weight excluding hydrogens is 271 g/mol. The third-order valence-corrected chi connectivity index (χ3v) is 3.86. The largest absolute Gasteiger partial charge is 0.351 e. The van der Waals surface area contributed by atoms with Crippen molar-refractivity contribution >= 4 is 22.6 Å². The molecule has 1 heterocycles. The molecule has 1 rings (SSSR count). The quantitative estimate of drug-likeness (QED) is 0.443. The Morgan fingerprint density at radius 3 is 2.33 bits per heavy atom. The van der Waals surface area contributed by atoms with Gasteiger partial charge in [-0.1, -0.05) is 22.6 Å². The minimum absolute atomic E-state index is 0.140. The van der Waals surface area contributed by atoms with E-state index in [9.17, 15) is 0 Å². The van der Waals surface area contributed by atoms with Crippen LogP contribution in [0.2, 0.25) is 0 Å². The van der Waals surface area contributed by atoms with Crippen molar-refractivity contribution in [2.45, 2.75) is 38.1 Å². The molecule has 0 radical (unpaired) electrons. The van der Waals surface area contributed by atoms with E-state index in [0.29, 0.717) is 0 Å². The Hall–Kier alpha value is 0.610. The van der Waals surface area contributed by atoms with Crippen LogP contribution in [0.4, 0.5) is 0 Å². The molecule has 2 unspecified atom stereocenters. The second kappa shape index (κ2) is 3.77. The fourth-order valence-corrected chi connectivity index (χ4v) is 1.50. The summed E-state index contributed by atoms with van der Waals surface area (Å²) in [5.41, 5.74) is -0.140. The summed E-state index contributed by atoms with van der Waals surface area (Å²) < 4.78 is 6.10. The molecule has 1 saturated heterocycles. The minimum atomic E-state index is -0.550. The molecule has 12 heavy (non-hydrogen) atoms. The van der Waals surface area contributed by atoms with E-state index in [1.165, 1.54) is 0 Å². The first-order valence-corrected chi connectivity index (χ1v) is 5.54. The van der Waals surface area contributed by atoms with Crippen molar-refractivity contribution in [1.29, 1.82) is 0 Å². The second-order valence-corrected chi connectivity index (χ2v) is 4.35. The average Bonchev–Trinajstić information content (AvgIpc) is 2.11. The number of ether oxygens (including phenoxy) is 1. The zero-order valence-electron chi connectivity index (χ0n) is 7.72. The van der Waals surface area contributed by atoms with Crippen LogP contribution in [-0.2, 0) is 14.5 Å². The summed E-state index contributed by atoms with van der Waals surface area (Å²) in [5, 5.41) is 0. The van der Waals surface area contributed by atoms with Crippen LogP contribution in [0.25, 0.3) is 0 Å². The fourth-order valence-electron chi connectivity index (χ4n) is 0.989. The molecule has 0 aliphatic carbocycles. The zero-order chi connectivity index (χ0) is 9.24. The molecule has 0 amide bonds. The molecule has 2 atom stereocenters. The van der Waals surface area contributed by atoms with Crippen LogP contribution in [0.1, 0.15) is 26.7 Å². The Balaban J connectivity index is 2.49. The molecule has 0 N–H and O–H groups in total. The molecule has 72 valence electrons. The highest BCUT2D eigenvalue weighted by molar-refractivity contribution is 14.1. The molecule has 1 aliphatic rings. The van der Waals surface area contributed by atoms with E-state index in [-0.39, 0.29) is 5.60 Å². The lowest BCUT2D eigenvalue weighted by molar-refractivity contribution is -0.477. The van der Waals surface area contributed by atoms with Gasteiger partial charge in [0.1, 0.15) is 5.60 Å². The van der Waals surface area contributed by atoms with Crippen LogP contribution in [-0.4, -0.2) is 22.9 Å². The Kier molecular flexibility index (Phi) is 3.36. The van der Waals surface area contributed by atoms with E-state index >= 15 is 0 Å². The molecule has 0 bridgehead atoms. The molecule has 0 spiro atoms. The van der Waals surface area contributed by atoms with E-state index < -0.39 is 5.79 Å². The summed E-state index contributed by atoms with van der Waals surface area (Å²) in [6.45, 7) is 3.94. The SMILES string of the molecule is COC1(C)CCC(C)(CI)OO1. The summed E-state index contributed by atoms with van der Waals surface area (Å²) >= 11 is 2.30. The maximum absolute atomic E-state index is 5.29. The molecular formula is C8H15IO3. The van der Waals surface area contributed by atoms with Crippen LogP contribution < -0.4 is 0 Å². The molecule has 0 aromatic carbocycles. The lowest BCUT2D eigenvalue weighted by atomic mass is 9.98. The van der Waals surface area contributed by atoms with Gasteiger partial charge in [0, 0.05) is 18.0 Å². The summed E-state index contributed by atoms with van der Waals surface area (Å²) in [7, 11) is 1.63. The lowest BCUT2D eigenvalue weighted by Crippen LogP contribution is -2.45. The third-order valence-electron chi connectivity index (χ3n) is 2.24. The number of hydrogen-bond acceptors (Lipinski definition) is 3. The standard InChI is InChI=1S/C8H15IO3/c1-7(6-9)4-5-8(2,10-3)12-11-7/h4-6H2,1-3H3. The highest BCUT2D eigenvalue weighted by atomic mass is 127. The van der Waals surface area contributed by atoms with Crippen LogP contribution in [0, 0.1) is 0 Å². The molecule has 1 fully saturated rings. The van der Waals surface area contributed by atoms with Crippen molar-refractivity contribution in [2.75, 3.05) is 11.5 Å². The van der Waals surface area contributed by atoms with Crippen molar-refractivity contribution in [3.05, 3.63) is 0 Å². The first-order valence-electron chi connectivity index (χ1n) is 4.02. The van der Waals surface area contributed by atoms with Gasteiger partial charge in [-0.05, 0) is 20.3 Å². The van der Waals surface area contributed by atoms with Gasteiger partial charge in [0.2, 0.25) is 0 Å². The number of methoxy groups -OCH3 is 1. The van der Waals surface area contributed by atoms with Gasteiger partial charge in [0.25, 0.3) is 0 Å². The van der Waals surface area contributed by atoms with Crippen LogP contribution in [0.5, 0.6) is 0 Å². The minimum Gasteiger partial charge on any atom is -0.351 e. The predicted molar refractivity (Wildman–Crippen MR) is 54.1 cm³/mol. The Morgan fingerprint density at radius 2 is 2.00 bits per heavy atom. The molecule has 0 aromatic heterocycles. The van der Waals surface area contributed by atoms with Crippen molar-refractivity contribution in [1.82, 2.24) is 0 Å². The van der Waals surface area contributed by atoms with Crippen molar-refractivity contribution in [3.8, 4) is 0 Å². The molecule has 1 aliphatic heterocycles. The summed E-state index contributed by atoms with van der Waals surface area (Å²) in [6.07, 6.45) is 1.85. The van der Waals surface area contributed by atoms with E-state index in [4.69, 9.17) is 14.5 Å². The zero-order valence-corrected chi connectivity index (χ0v) is 9.88. The van der Waals surface area contributed by atoms with Gasteiger partial charge in [-0.2, -0.15) is 0 Å². The van der Waals surface area contributed by atoms with E-state index in [2.05, 4.69) is 29.5 Å². The first kappa shape index (κ1) is 10.7. The summed E-state index contributed by atoms with van der Waals surface area (Å²) in [6, 6.07) is 0. The Bertz CT molecular complexity index is 134. The van der Waals surface area contributed by atoms with E-state index in [1.807, 2.05) is 6.92 Å². The Morgan fingerprint density at radius 1 is 1.33 bits per heavy atom. The van der Waals surface area contributed by atoms with Gasteiger partial charge in [-0.3, -0.25) is 0 Å². The fraction of sp³-hybridized carbons (Fsp3) is 1.00. The van der Waals surface area contributed by atoms with Crippen molar-refractivity contribution < 1.29 is 14.5 Å². The van der Waals surface area contributed by atoms with Crippen LogP contribution in [0.15, 0.2) is 0 Å². The van der Waals surface area contributed by atoms with E-state index in [1.54, 1.807) is 7.11 Å². The second-order valence-electron chi connectivity index (χ2n) is 3.59. The molecule has 0 aromatic rings. The van der Waals surface area contributed by atoms with Crippen molar-refractivity contribution in [3.63, 3.8) is 0 Å². The highest BCUT2D eigenvalue weighted by Gasteiger charge is 2.39.